The third kappa shape index (κ3) is 1.82. The molecule has 0 aliphatic carbocycles. The molecule has 0 heterocycles. The van der Waals surface area contributed by atoms with Crippen molar-refractivity contribution < 1.29 is 0 Å². The van der Waals surface area contributed by atoms with E-state index in [2.05, 4.69) is 43.4 Å². The maximum atomic E-state index is 2.43. The van der Waals surface area contributed by atoms with Crippen molar-refractivity contribution in [1.29, 1.82) is 0 Å². The van der Waals surface area contributed by atoms with Crippen molar-refractivity contribution in [2.45, 2.75) is 13.1 Å². The molecule has 0 saturated heterocycles. The third-order valence-corrected chi connectivity index (χ3v) is 5.44. The first-order valence-corrected chi connectivity index (χ1v) is 10.2. The lowest BCUT2D eigenvalue weighted by atomic mass is 10.4. The Morgan fingerprint density at radius 2 is 1.60 bits per heavy atom. The van der Waals surface area contributed by atoms with Crippen molar-refractivity contribution in [3.05, 3.63) is 30.3 Å². The van der Waals surface area contributed by atoms with Gasteiger partial charge in [-0.1, -0.05) is 48.6 Å². The van der Waals surface area contributed by atoms with Crippen LogP contribution in [-0.4, -0.2) is 17.4 Å². The second kappa shape index (κ2) is 2.72. The minimum atomic E-state index is -0.894. The van der Waals surface area contributed by atoms with E-state index < -0.39 is 7.59 Å². The summed E-state index contributed by atoms with van der Waals surface area (Å²) in [6.07, 6.45) is 0. The topological polar surface area (TPSA) is 0 Å². The van der Waals surface area contributed by atoms with Gasteiger partial charge in [0.05, 0.1) is 7.59 Å². The van der Waals surface area contributed by atoms with Gasteiger partial charge in [-0.25, -0.2) is 0 Å². The van der Waals surface area contributed by atoms with E-state index in [0.29, 0.717) is 0 Å². The Kier molecular flexibility index (Phi) is 2.11. The van der Waals surface area contributed by atoms with Crippen LogP contribution >= 0.6 is 0 Å². The van der Waals surface area contributed by atoms with E-state index in [1.165, 1.54) is 9.76 Å². The molecule has 0 unspecified atom stereocenters. The zero-order valence-electron chi connectivity index (χ0n) is 6.89. The maximum absolute atomic E-state index is 2.43. The van der Waals surface area contributed by atoms with Crippen LogP contribution in [0.3, 0.4) is 0 Å². The van der Waals surface area contributed by atoms with Gasteiger partial charge in [0.2, 0.25) is 0 Å². The van der Waals surface area contributed by atoms with Gasteiger partial charge in [0.25, 0.3) is 0 Å². The molecule has 0 amide bonds. The molecular weight excluding hydrogens is 152 g/mol. The zero-order chi connectivity index (χ0) is 7.61. The summed E-state index contributed by atoms with van der Waals surface area (Å²) >= 11 is 0. The van der Waals surface area contributed by atoms with Crippen molar-refractivity contribution in [1.82, 2.24) is 0 Å². The molecule has 0 fully saturated rings. The molecule has 0 aromatic heterocycles. The highest BCUT2D eigenvalue weighted by Gasteiger charge is 2.14. The first-order valence-electron chi connectivity index (χ1n) is 3.66. The van der Waals surface area contributed by atoms with Crippen LogP contribution in [0.5, 0.6) is 0 Å². The Morgan fingerprint density at radius 1 is 1.10 bits per heavy atom. The van der Waals surface area contributed by atoms with Crippen LogP contribution in [0.1, 0.15) is 0 Å². The molecule has 1 rings (SSSR count). The number of rotatable bonds is 1. The number of benzene rings is 1. The molecule has 0 aliphatic rings. The van der Waals surface area contributed by atoms with Crippen molar-refractivity contribution in [2.75, 3.05) is 0 Å². The lowest BCUT2D eigenvalue weighted by molar-refractivity contribution is 1.73. The molecule has 54 valence electrons. The van der Waals surface area contributed by atoms with Gasteiger partial charge >= 0.3 is 0 Å². The van der Waals surface area contributed by atoms with Gasteiger partial charge in [-0.3, -0.25) is 0 Å². The lowest BCUT2D eigenvalue weighted by Gasteiger charge is -2.15. The van der Waals surface area contributed by atoms with E-state index in [0.717, 1.165) is 0 Å². The fraction of sp³-hybridized carbons (Fsp3) is 0.250. The monoisotopic (exact) mass is 166 g/mol. The molecule has 0 nitrogen and oxygen atoms in total. The highest BCUT2D eigenvalue weighted by atomic mass is 29.2. The van der Waals surface area contributed by atoms with Crippen LogP contribution < -0.4 is 5.19 Å². The van der Waals surface area contributed by atoms with E-state index in [1.54, 1.807) is 5.19 Å². The molecule has 0 atom stereocenters. The summed E-state index contributed by atoms with van der Waals surface area (Å²) in [6.45, 7) is 4.85. The first kappa shape index (κ1) is 7.76. The minimum Gasteiger partial charge on any atom is -0.0681 e. The largest absolute Gasteiger partial charge is 0.0681 e. The van der Waals surface area contributed by atoms with Gasteiger partial charge in [-0.05, 0) is 0 Å². The van der Waals surface area contributed by atoms with Gasteiger partial charge in [0.1, 0.15) is 0 Å². The molecule has 0 radical (unpaired) electrons. The predicted molar refractivity (Wildman–Crippen MR) is 53.5 cm³/mol. The quantitative estimate of drug-likeness (QED) is 0.532. The molecular formula is C8H14Si2. The van der Waals surface area contributed by atoms with Crippen LogP contribution in [0.25, 0.3) is 0 Å². The van der Waals surface area contributed by atoms with Gasteiger partial charge in [0.15, 0.2) is 0 Å². The summed E-state index contributed by atoms with van der Waals surface area (Å²) in [5.41, 5.74) is 0. The van der Waals surface area contributed by atoms with E-state index in [1.807, 2.05) is 0 Å². The van der Waals surface area contributed by atoms with E-state index in [9.17, 15) is 0 Å². The highest BCUT2D eigenvalue weighted by Crippen LogP contribution is 1.95. The fourth-order valence-corrected chi connectivity index (χ4v) is 3.13. The average Bonchev–Trinajstić information content (AvgIpc) is 1.88. The SMILES string of the molecule is C[Si](C)([SiH3])c1ccccc1. The first-order chi connectivity index (χ1) is 4.61. The van der Waals surface area contributed by atoms with E-state index in [4.69, 9.17) is 0 Å². The molecule has 10 heavy (non-hydrogen) atoms. The smallest absolute Gasteiger partial charge is 0.0630 e. The molecule has 0 N–H and O–H groups in total. The molecule has 1 aromatic carbocycles. The Labute approximate surface area is 66.5 Å². The molecule has 2 heteroatoms. The fourth-order valence-electron chi connectivity index (χ4n) is 0.938. The average molecular weight is 166 g/mol. The van der Waals surface area contributed by atoms with Gasteiger partial charge < -0.3 is 0 Å². The van der Waals surface area contributed by atoms with Gasteiger partial charge in [-0.2, -0.15) is 0 Å². The van der Waals surface area contributed by atoms with Crippen molar-refractivity contribution in [3.8, 4) is 0 Å². The normalized spacial score (nSPS) is 11.8. The summed E-state index contributed by atoms with van der Waals surface area (Å²) in [5.74, 6) is 0. The summed E-state index contributed by atoms with van der Waals surface area (Å²) in [4.78, 5) is 0. The van der Waals surface area contributed by atoms with Crippen molar-refractivity contribution >= 4 is 22.5 Å². The second-order valence-corrected chi connectivity index (χ2v) is 16.2. The lowest BCUT2D eigenvalue weighted by Crippen LogP contribution is -2.41. The number of hydrogen-bond acceptors (Lipinski definition) is 0. The number of hydrogen-bond donors (Lipinski definition) is 0. The summed E-state index contributed by atoms with van der Waals surface area (Å²) < 4.78 is 0. The molecule has 0 bridgehead atoms. The van der Waals surface area contributed by atoms with Gasteiger partial charge in [-0.15, -0.1) is 0 Å². The third-order valence-electron chi connectivity index (χ3n) is 1.64. The van der Waals surface area contributed by atoms with Crippen molar-refractivity contribution in [3.63, 3.8) is 0 Å². The molecule has 0 spiro atoms. The standard InChI is InChI=1S/C8H14Si2/c1-10(2,9)8-6-4-3-5-7-8/h3-7H,1-2,9H3. The van der Waals surface area contributed by atoms with Crippen LogP contribution in [0, 0.1) is 0 Å². The van der Waals surface area contributed by atoms with Crippen LogP contribution in [-0.2, 0) is 0 Å². The highest BCUT2D eigenvalue weighted by molar-refractivity contribution is 7.23. The zero-order valence-corrected chi connectivity index (χ0v) is 9.89. The maximum Gasteiger partial charge on any atom is 0.0630 e. The van der Waals surface area contributed by atoms with E-state index in [-0.39, 0.29) is 0 Å². The second-order valence-electron chi connectivity index (χ2n) is 3.62. The van der Waals surface area contributed by atoms with E-state index >= 15 is 0 Å². The Morgan fingerprint density at radius 3 is 1.90 bits per heavy atom. The molecule has 0 aliphatic heterocycles. The van der Waals surface area contributed by atoms with Crippen molar-refractivity contribution in [2.24, 2.45) is 0 Å². The summed E-state index contributed by atoms with van der Waals surface area (Å²) in [7, 11) is 0.460. The predicted octanol–water partition coefficient (Wildman–Crippen LogP) is 0.464. The van der Waals surface area contributed by atoms with Gasteiger partial charge in [0, 0.05) is 9.76 Å². The summed E-state index contributed by atoms with van der Waals surface area (Å²) in [5, 5.41) is 1.60. The Balaban J connectivity index is 2.97. The minimum absolute atomic E-state index is 0.894. The Bertz CT molecular complexity index is 198. The van der Waals surface area contributed by atoms with Crippen LogP contribution in [0.15, 0.2) is 30.3 Å². The van der Waals surface area contributed by atoms with Crippen LogP contribution in [0.2, 0.25) is 13.1 Å². The summed E-state index contributed by atoms with van der Waals surface area (Å²) in [6, 6.07) is 10.9. The van der Waals surface area contributed by atoms with Crippen LogP contribution in [0.4, 0.5) is 0 Å². The molecule has 1 aromatic rings. The Hall–Kier alpha value is -0.346. The molecule has 0 saturated carbocycles.